The van der Waals surface area contributed by atoms with E-state index < -0.39 is 69.3 Å². The molecule has 0 aliphatic carbocycles. The molecule has 4 rings (SSSR count). The van der Waals surface area contributed by atoms with Crippen LogP contribution in [0.25, 0.3) is 22.3 Å². The zero-order valence-electron chi connectivity index (χ0n) is 16.7. The van der Waals surface area contributed by atoms with E-state index in [1.165, 1.54) is 48.5 Å². The molecule has 0 radical (unpaired) electrons. The standard InChI is InChI=1S/2C11H4F5.2ClH.Zr/c2*12-7-6(5-3-1-2-4-5)8(13)10(15)11(16)9(7)14;;;/h2*1-4H;2*1H;/q2*-1;;;+4/p-2. The van der Waals surface area contributed by atoms with E-state index in [4.69, 9.17) is 0 Å². The third-order valence-electron chi connectivity index (χ3n) is 4.32. The molecule has 0 bridgehead atoms. The minimum Gasteiger partial charge on any atom is -1.00 e. The molecule has 4 aromatic rings. The van der Waals surface area contributed by atoms with Crippen molar-refractivity contribution < 1.29 is 94.9 Å². The summed E-state index contributed by atoms with van der Waals surface area (Å²) in [5, 5.41) is 0. The van der Waals surface area contributed by atoms with Crippen LogP contribution in [-0.2, 0) is 26.2 Å². The molecule has 13 heteroatoms. The van der Waals surface area contributed by atoms with Gasteiger partial charge in [-0.15, -0.1) is 24.3 Å². The van der Waals surface area contributed by atoms with Gasteiger partial charge in [-0.25, -0.2) is 43.9 Å². The third kappa shape index (κ3) is 6.19. The minimum atomic E-state index is -2.15. The molecule has 0 atom stereocenters. The zero-order valence-corrected chi connectivity index (χ0v) is 20.6. The third-order valence-corrected chi connectivity index (χ3v) is 4.32. The van der Waals surface area contributed by atoms with Gasteiger partial charge in [0.25, 0.3) is 0 Å². The molecule has 0 amide bonds. The van der Waals surface area contributed by atoms with E-state index in [1.807, 2.05) is 0 Å². The quantitative estimate of drug-likeness (QED) is 0.138. The van der Waals surface area contributed by atoms with Gasteiger partial charge in [0.2, 0.25) is 0 Å². The Kier molecular flexibility index (Phi) is 12.5. The van der Waals surface area contributed by atoms with Gasteiger partial charge < -0.3 is 24.8 Å². The van der Waals surface area contributed by atoms with Gasteiger partial charge in [0.05, 0.1) is 0 Å². The predicted octanol–water partition coefficient (Wildman–Crippen LogP) is 1.54. The van der Waals surface area contributed by atoms with Gasteiger partial charge in [0.1, 0.15) is 23.3 Å². The molecular formula is C22H8Cl2F10Zr. The Morgan fingerprint density at radius 3 is 0.714 bits per heavy atom. The fourth-order valence-electron chi connectivity index (χ4n) is 2.80. The molecule has 0 nitrogen and oxygen atoms in total. The summed E-state index contributed by atoms with van der Waals surface area (Å²) < 4.78 is 130. The average Bonchev–Trinajstić information content (AvgIpc) is 3.49. The predicted molar refractivity (Wildman–Crippen MR) is 94.5 cm³/mol. The van der Waals surface area contributed by atoms with Crippen LogP contribution in [0, 0.1) is 58.2 Å². The van der Waals surface area contributed by atoms with E-state index in [-0.39, 0.29) is 62.1 Å². The van der Waals surface area contributed by atoms with Crippen molar-refractivity contribution >= 4 is 0 Å². The van der Waals surface area contributed by atoms with Crippen molar-refractivity contribution in [2.75, 3.05) is 0 Å². The van der Waals surface area contributed by atoms with E-state index in [0.717, 1.165) is 0 Å². The van der Waals surface area contributed by atoms with E-state index >= 15 is 0 Å². The first-order chi connectivity index (χ1) is 15.1. The Bertz CT molecular complexity index is 1110. The summed E-state index contributed by atoms with van der Waals surface area (Å²) in [5.74, 6) is -19.3. The van der Waals surface area contributed by atoms with Crippen LogP contribution in [0.4, 0.5) is 43.9 Å². The smallest absolute Gasteiger partial charge is 1.00 e. The molecule has 184 valence electrons. The van der Waals surface area contributed by atoms with Crippen molar-refractivity contribution in [2.45, 2.75) is 0 Å². The molecule has 0 fully saturated rings. The normalized spacial score (nSPS) is 9.89. The Labute approximate surface area is 223 Å². The minimum absolute atomic E-state index is 0. The van der Waals surface area contributed by atoms with Crippen LogP contribution in [0.5, 0.6) is 0 Å². The van der Waals surface area contributed by atoms with Gasteiger partial charge in [-0.3, -0.25) is 0 Å². The summed E-state index contributed by atoms with van der Waals surface area (Å²) in [4.78, 5) is 0. The second-order valence-electron chi connectivity index (χ2n) is 6.24. The fraction of sp³-hybridized carbons (Fsp3) is 0. The number of halogens is 12. The van der Waals surface area contributed by atoms with Crippen LogP contribution in [-0.4, -0.2) is 0 Å². The first kappa shape index (κ1) is 32.9. The summed E-state index contributed by atoms with van der Waals surface area (Å²) in [6.45, 7) is 0. The largest absolute Gasteiger partial charge is 4.00 e. The van der Waals surface area contributed by atoms with Crippen LogP contribution in [0.3, 0.4) is 0 Å². The Hall–Kier alpha value is -2.10. The Balaban J connectivity index is 0.000000608. The summed E-state index contributed by atoms with van der Waals surface area (Å²) in [7, 11) is 0. The van der Waals surface area contributed by atoms with Crippen molar-refractivity contribution in [3.63, 3.8) is 0 Å². The van der Waals surface area contributed by atoms with Gasteiger partial charge in [-0.2, -0.15) is 24.3 Å². The molecule has 0 N–H and O–H groups in total. The van der Waals surface area contributed by atoms with Gasteiger partial charge in [0, 0.05) is 0 Å². The fourth-order valence-corrected chi connectivity index (χ4v) is 2.80. The Morgan fingerprint density at radius 1 is 0.343 bits per heavy atom. The summed E-state index contributed by atoms with van der Waals surface area (Å²) in [6.07, 6.45) is 0. The molecule has 0 saturated heterocycles. The maximum Gasteiger partial charge on any atom is 4.00 e. The molecule has 0 spiro atoms. The zero-order chi connectivity index (χ0) is 23.7. The topological polar surface area (TPSA) is 0 Å². The molecule has 0 aromatic heterocycles. The number of hydrogen-bond donors (Lipinski definition) is 0. The molecule has 0 heterocycles. The molecule has 35 heavy (non-hydrogen) atoms. The van der Waals surface area contributed by atoms with Crippen molar-refractivity contribution in [2.24, 2.45) is 0 Å². The second-order valence-corrected chi connectivity index (χ2v) is 6.24. The van der Waals surface area contributed by atoms with Crippen molar-refractivity contribution in [1.29, 1.82) is 0 Å². The van der Waals surface area contributed by atoms with E-state index in [2.05, 4.69) is 0 Å². The molecular weight excluding hydrogens is 616 g/mol. The summed E-state index contributed by atoms with van der Waals surface area (Å²) in [5.41, 5.74) is -1.90. The summed E-state index contributed by atoms with van der Waals surface area (Å²) >= 11 is 0. The first-order valence-corrected chi connectivity index (χ1v) is 8.54. The van der Waals surface area contributed by atoms with Crippen LogP contribution in [0.2, 0.25) is 0 Å². The van der Waals surface area contributed by atoms with Gasteiger partial charge >= 0.3 is 26.2 Å². The van der Waals surface area contributed by atoms with E-state index in [9.17, 15) is 43.9 Å². The molecule has 0 unspecified atom stereocenters. The number of rotatable bonds is 2. The molecule has 0 aliphatic heterocycles. The number of hydrogen-bond acceptors (Lipinski definition) is 0. The van der Waals surface area contributed by atoms with Crippen LogP contribution in [0.1, 0.15) is 0 Å². The van der Waals surface area contributed by atoms with Crippen molar-refractivity contribution in [3.8, 4) is 22.3 Å². The monoisotopic (exact) mass is 622 g/mol. The van der Waals surface area contributed by atoms with Crippen LogP contribution >= 0.6 is 0 Å². The molecule has 0 aliphatic rings. The summed E-state index contributed by atoms with van der Waals surface area (Å²) in [6, 6.07) is 10.8. The number of benzene rings is 2. The van der Waals surface area contributed by atoms with Gasteiger partial charge in [-0.1, -0.05) is 11.1 Å². The SMILES string of the molecule is Fc1c(F)c(F)c(-[c-]2cccc2)c(F)c1F.Fc1c(F)c(F)c(-[c-]2cccc2)c(F)c1F.[Cl-].[Cl-].[Zr+4]. The second kappa shape index (κ2) is 13.3. The van der Waals surface area contributed by atoms with Crippen molar-refractivity contribution in [1.82, 2.24) is 0 Å². The van der Waals surface area contributed by atoms with E-state index in [0.29, 0.717) is 0 Å². The van der Waals surface area contributed by atoms with Crippen molar-refractivity contribution in [3.05, 3.63) is 107 Å². The molecule has 4 aromatic carbocycles. The maximum atomic E-state index is 13.2. The Morgan fingerprint density at radius 2 is 0.514 bits per heavy atom. The van der Waals surface area contributed by atoms with Crippen LogP contribution in [0.15, 0.2) is 48.5 Å². The van der Waals surface area contributed by atoms with Gasteiger partial charge in [0.15, 0.2) is 34.9 Å². The first-order valence-electron chi connectivity index (χ1n) is 8.54. The maximum absolute atomic E-state index is 13.2. The van der Waals surface area contributed by atoms with E-state index in [1.54, 1.807) is 0 Å². The van der Waals surface area contributed by atoms with Crippen LogP contribution < -0.4 is 24.8 Å². The average molecular weight is 624 g/mol. The molecule has 0 saturated carbocycles. The van der Waals surface area contributed by atoms with Gasteiger partial charge in [-0.05, 0) is 11.1 Å².